The summed E-state index contributed by atoms with van der Waals surface area (Å²) in [6.07, 6.45) is 3.87. The van der Waals surface area contributed by atoms with Crippen LogP contribution in [0.25, 0.3) is 0 Å². The zero-order chi connectivity index (χ0) is 12.4. The zero-order valence-corrected chi connectivity index (χ0v) is 10.6. The number of aryl methyl sites for hydroxylation is 3. The van der Waals surface area contributed by atoms with Gasteiger partial charge in [0, 0.05) is 18.3 Å². The molecule has 0 fully saturated rings. The number of nitrogens with two attached hydrogens (primary N) is 1. The van der Waals surface area contributed by atoms with Crippen molar-refractivity contribution in [1.82, 2.24) is 9.78 Å². The molecule has 1 aromatic heterocycles. The van der Waals surface area contributed by atoms with E-state index in [0.717, 1.165) is 12.1 Å². The molecular formula is C14H19N3. The molecule has 0 aliphatic heterocycles. The maximum atomic E-state index is 6.28. The Kier molecular flexibility index (Phi) is 3.29. The predicted octanol–water partition coefficient (Wildman–Crippen LogP) is 2.57. The number of hydrogen-bond acceptors (Lipinski definition) is 2. The highest BCUT2D eigenvalue weighted by atomic mass is 15.3. The van der Waals surface area contributed by atoms with E-state index in [-0.39, 0.29) is 6.04 Å². The Balaban J connectivity index is 2.33. The Morgan fingerprint density at radius 2 is 2.12 bits per heavy atom. The van der Waals surface area contributed by atoms with Gasteiger partial charge in [-0.2, -0.15) is 5.10 Å². The molecule has 1 aromatic carbocycles. The van der Waals surface area contributed by atoms with Crippen LogP contribution >= 0.6 is 0 Å². The Morgan fingerprint density at radius 1 is 1.35 bits per heavy atom. The van der Waals surface area contributed by atoms with E-state index in [2.05, 4.69) is 44.1 Å². The topological polar surface area (TPSA) is 43.8 Å². The molecule has 2 N–H and O–H groups in total. The summed E-state index contributed by atoms with van der Waals surface area (Å²) < 4.78 is 1.90. The molecule has 2 aromatic rings. The standard InChI is InChI=1S/C14H19N3/c1-4-17-9-12(8-16-17)14(15)13-6-5-10(2)7-11(13)3/h5-9,14H,4,15H2,1-3H3. The van der Waals surface area contributed by atoms with E-state index < -0.39 is 0 Å². The van der Waals surface area contributed by atoms with Gasteiger partial charge in [-0.15, -0.1) is 0 Å². The molecule has 0 aliphatic carbocycles. The van der Waals surface area contributed by atoms with Gasteiger partial charge in [0.25, 0.3) is 0 Å². The summed E-state index contributed by atoms with van der Waals surface area (Å²) in [6.45, 7) is 7.14. The molecule has 2 rings (SSSR count). The highest BCUT2D eigenvalue weighted by Gasteiger charge is 2.13. The lowest BCUT2D eigenvalue weighted by Crippen LogP contribution is -2.12. The molecule has 3 heteroatoms. The van der Waals surface area contributed by atoms with Gasteiger partial charge in [0.15, 0.2) is 0 Å². The molecule has 0 spiro atoms. The van der Waals surface area contributed by atoms with Gasteiger partial charge >= 0.3 is 0 Å². The number of hydrogen-bond donors (Lipinski definition) is 1. The van der Waals surface area contributed by atoms with Crippen LogP contribution in [-0.2, 0) is 6.54 Å². The fourth-order valence-corrected chi connectivity index (χ4v) is 2.07. The van der Waals surface area contributed by atoms with Crippen molar-refractivity contribution in [3.8, 4) is 0 Å². The largest absolute Gasteiger partial charge is 0.320 e. The summed E-state index contributed by atoms with van der Waals surface area (Å²) in [4.78, 5) is 0. The monoisotopic (exact) mass is 229 g/mol. The van der Waals surface area contributed by atoms with E-state index in [1.54, 1.807) is 0 Å². The Labute approximate surface area is 102 Å². The Bertz CT molecular complexity index is 514. The van der Waals surface area contributed by atoms with Crippen LogP contribution in [0, 0.1) is 13.8 Å². The van der Waals surface area contributed by atoms with Gasteiger partial charge in [-0.1, -0.05) is 23.8 Å². The summed E-state index contributed by atoms with van der Waals surface area (Å²) in [5.41, 5.74) is 11.0. The maximum Gasteiger partial charge on any atom is 0.0585 e. The molecule has 1 atom stereocenters. The quantitative estimate of drug-likeness (QED) is 0.879. The normalized spacial score (nSPS) is 12.7. The van der Waals surface area contributed by atoms with Crippen molar-refractivity contribution in [2.75, 3.05) is 0 Å². The second kappa shape index (κ2) is 4.72. The van der Waals surface area contributed by atoms with Crippen molar-refractivity contribution >= 4 is 0 Å². The molecule has 1 heterocycles. The minimum Gasteiger partial charge on any atom is -0.320 e. The van der Waals surface area contributed by atoms with Crippen LogP contribution < -0.4 is 5.73 Å². The predicted molar refractivity (Wildman–Crippen MR) is 69.8 cm³/mol. The molecule has 1 unspecified atom stereocenters. The number of rotatable bonds is 3. The van der Waals surface area contributed by atoms with Gasteiger partial charge in [-0.3, -0.25) is 4.68 Å². The lowest BCUT2D eigenvalue weighted by atomic mass is 9.96. The van der Waals surface area contributed by atoms with E-state index in [1.807, 2.05) is 17.1 Å². The molecule has 0 bridgehead atoms. The average molecular weight is 229 g/mol. The molecule has 3 nitrogen and oxygen atoms in total. The fourth-order valence-electron chi connectivity index (χ4n) is 2.07. The fraction of sp³-hybridized carbons (Fsp3) is 0.357. The first-order chi connectivity index (χ1) is 8.11. The van der Waals surface area contributed by atoms with Gasteiger partial charge in [0.2, 0.25) is 0 Å². The summed E-state index contributed by atoms with van der Waals surface area (Å²) in [7, 11) is 0. The minimum atomic E-state index is -0.0871. The summed E-state index contributed by atoms with van der Waals surface area (Å²) in [5.74, 6) is 0. The lowest BCUT2D eigenvalue weighted by molar-refractivity contribution is 0.658. The van der Waals surface area contributed by atoms with Crippen molar-refractivity contribution in [3.05, 3.63) is 52.8 Å². The van der Waals surface area contributed by atoms with Crippen LogP contribution in [0.2, 0.25) is 0 Å². The van der Waals surface area contributed by atoms with Crippen molar-refractivity contribution < 1.29 is 0 Å². The van der Waals surface area contributed by atoms with E-state index >= 15 is 0 Å². The third-order valence-electron chi connectivity index (χ3n) is 3.10. The first-order valence-electron chi connectivity index (χ1n) is 5.97. The van der Waals surface area contributed by atoms with Crippen molar-refractivity contribution in [2.24, 2.45) is 5.73 Å². The van der Waals surface area contributed by atoms with E-state index in [1.165, 1.54) is 16.7 Å². The molecule has 17 heavy (non-hydrogen) atoms. The zero-order valence-electron chi connectivity index (χ0n) is 10.6. The van der Waals surface area contributed by atoms with E-state index in [4.69, 9.17) is 5.73 Å². The molecule has 90 valence electrons. The van der Waals surface area contributed by atoms with Crippen molar-refractivity contribution in [2.45, 2.75) is 33.4 Å². The highest BCUT2D eigenvalue weighted by molar-refractivity contribution is 5.37. The molecule has 0 radical (unpaired) electrons. The van der Waals surface area contributed by atoms with Crippen molar-refractivity contribution in [3.63, 3.8) is 0 Å². The number of benzene rings is 1. The van der Waals surface area contributed by atoms with Gasteiger partial charge in [-0.05, 0) is 31.9 Å². The van der Waals surface area contributed by atoms with E-state index in [0.29, 0.717) is 0 Å². The van der Waals surface area contributed by atoms with Gasteiger partial charge in [-0.25, -0.2) is 0 Å². The molecule has 0 amide bonds. The first-order valence-corrected chi connectivity index (χ1v) is 5.97. The van der Waals surface area contributed by atoms with Crippen LogP contribution in [-0.4, -0.2) is 9.78 Å². The first kappa shape index (κ1) is 11.9. The van der Waals surface area contributed by atoms with Gasteiger partial charge < -0.3 is 5.73 Å². The van der Waals surface area contributed by atoms with E-state index in [9.17, 15) is 0 Å². The molecule has 0 saturated carbocycles. The van der Waals surface area contributed by atoms with Crippen LogP contribution in [0.3, 0.4) is 0 Å². The third kappa shape index (κ3) is 2.39. The minimum absolute atomic E-state index is 0.0871. The van der Waals surface area contributed by atoms with Gasteiger partial charge in [0.1, 0.15) is 0 Å². The summed E-state index contributed by atoms with van der Waals surface area (Å²) >= 11 is 0. The Hall–Kier alpha value is -1.61. The molecular weight excluding hydrogens is 210 g/mol. The van der Waals surface area contributed by atoms with Crippen LogP contribution in [0.5, 0.6) is 0 Å². The number of aromatic nitrogens is 2. The lowest BCUT2D eigenvalue weighted by Gasteiger charge is -2.13. The average Bonchev–Trinajstić information content (AvgIpc) is 2.76. The maximum absolute atomic E-state index is 6.28. The van der Waals surface area contributed by atoms with Crippen LogP contribution in [0.1, 0.15) is 35.2 Å². The van der Waals surface area contributed by atoms with Crippen LogP contribution in [0.15, 0.2) is 30.6 Å². The molecule has 0 aliphatic rings. The van der Waals surface area contributed by atoms with Gasteiger partial charge in [0.05, 0.1) is 12.2 Å². The second-order valence-electron chi connectivity index (χ2n) is 4.47. The van der Waals surface area contributed by atoms with Crippen LogP contribution in [0.4, 0.5) is 0 Å². The van der Waals surface area contributed by atoms with Crippen molar-refractivity contribution in [1.29, 1.82) is 0 Å². The Morgan fingerprint density at radius 3 is 2.71 bits per heavy atom. The summed E-state index contributed by atoms with van der Waals surface area (Å²) in [5, 5.41) is 4.27. The molecule has 0 saturated heterocycles. The second-order valence-corrected chi connectivity index (χ2v) is 4.47. The number of nitrogens with zero attached hydrogens (tertiary/aromatic N) is 2. The smallest absolute Gasteiger partial charge is 0.0585 e. The SMILES string of the molecule is CCn1cc(C(N)c2ccc(C)cc2C)cn1. The summed E-state index contributed by atoms with van der Waals surface area (Å²) in [6, 6.07) is 6.29. The third-order valence-corrected chi connectivity index (χ3v) is 3.10. The highest BCUT2D eigenvalue weighted by Crippen LogP contribution is 2.22.